The van der Waals surface area contributed by atoms with Gasteiger partial charge in [0, 0.05) is 6.04 Å². The zero-order valence-electron chi connectivity index (χ0n) is 16.5. The topological polar surface area (TPSA) is 57.7 Å². The zero-order chi connectivity index (χ0) is 20.2. The molecular formula is C24H26N2O3. The van der Waals surface area contributed by atoms with Gasteiger partial charge < -0.3 is 4.90 Å². The molecule has 1 aliphatic heterocycles. The van der Waals surface area contributed by atoms with E-state index in [2.05, 4.69) is 0 Å². The minimum Gasteiger partial charge on any atom is -0.327 e. The minimum atomic E-state index is -0.706. The fourth-order valence-corrected chi connectivity index (χ4v) is 4.53. The molecule has 5 heteroatoms. The fraction of sp³-hybridized carbons (Fsp3) is 0.375. The van der Waals surface area contributed by atoms with E-state index in [4.69, 9.17) is 0 Å². The number of imide groups is 1. The predicted molar refractivity (Wildman–Crippen MR) is 111 cm³/mol. The van der Waals surface area contributed by atoms with Gasteiger partial charge in [-0.25, -0.2) is 4.90 Å². The first-order chi connectivity index (χ1) is 14.1. The number of rotatable bonds is 5. The molecule has 1 unspecified atom stereocenters. The Morgan fingerprint density at radius 2 is 1.52 bits per heavy atom. The van der Waals surface area contributed by atoms with Gasteiger partial charge in [0.2, 0.25) is 11.8 Å². The summed E-state index contributed by atoms with van der Waals surface area (Å²) in [5.74, 6) is -0.586. The van der Waals surface area contributed by atoms with Gasteiger partial charge in [-0.3, -0.25) is 14.4 Å². The number of hydrogen-bond acceptors (Lipinski definition) is 3. The van der Waals surface area contributed by atoms with Crippen LogP contribution in [0.1, 0.15) is 44.1 Å². The summed E-state index contributed by atoms with van der Waals surface area (Å²) in [6, 6.07) is 17.9. The number of benzene rings is 2. The van der Waals surface area contributed by atoms with Crippen molar-refractivity contribution in [1.29, 1.82) is 0 Å². The van der Waals surface area contributed by atoms with E-state index in [-0.39, 0.29) is 36.6 Å². The van der Waals surface area contributed by atoms with Crippen molar-refractivity contribution in [3.05, 3.63) is 66.2 Å². The number of anilines is 1. The second-order valence-electron chi connectivity index (χ2n) is 7.88. The maximum Gasteiger partial charge on any atom is 0.257 e. The monoisotopic (exact) mass is 390 g/mol. The first kappa shape index (κ1) is 19.4. The van der Waals surface area contributed by atoms with Crippen molar-refractivity contribution in [2.24, 2.45) is 0 Å². The average Bonchev–Trinajstić information content (AvgIpc) is 3.04. The van der Waals surface area contributed by atoms with Crippen LogP contribution in [0.15, 0.2) is 60.7 Å². The molecule has 1 heterocycles. The molecule has 150 valence electrons. The van der Waals surface area contributed by atoms with Crippen LogP contribution in [0.2, 0.25) is 0 Å². The third-order valence-corrected chi connectivity index (χ3v) is 5.93. The van der Waals surface area contributed by atoms with Crippen molar-refractivity contribution < 1.29 is 14.4 Å². The maximum absolute atomic E-state index is 13.3. The van der Waals surface area contributed by atoms with Crippen LogP contribution in [0.25, 0.3) is 0 Å². The lowest BCUT2D eigenvalue weighted by atomic mass is 9.92. The smallest absolute Gasteiger partial charge is 0.257 e. The van der Waals surface area contributed by atoms with Gasteiger partial charge in [0.15, 0.2) is 0 Å². The normalized spacial score (nSPS) is 20.1. The molecule has 0 aromatic heterocycles. The molecule has 2 fully saturated rings. The number of carbonyl (C=O) groups is 3. The molecule has 2 aliphatic rings. The number of amides is 3. The molecule has 5 nitrogen and oxygen atoms in total. The van der Waals surface area contributed by atoms with Crippen LogP contribution in [0.4, 0.5) is 5.69 Å². The Labute approximate surface area is 171 Å². The van der Waals surface area contributed by atoms with E-state index in [1.165, 1.54) is 4.90 Å². The van der Waals surface area contributed by atoms with Crippen LogP contribution >= 0.6 is 0 Å². The van der Waals surface area contributed by atoms with E-state index in [1.807, 2.05) is 48.5 Å². The van der Waals surface area contributed by atoms with Crippen LogP contribution in [-0.4, -0.2) is 34.7 Å². The van der Waals surface area contributed by atoms with E-state index < -0.39 is 6.04 Å². The first-order valence-electron chi connectivity index (χ1n) is 10.4. The molecule has 0 N–H and O–H groups in total. The Hall–Kier alpha value is -2.95. The minimum absolute atomic E-state index is 0.0254. The number of hydrogen-bond donors (Lipinski definition) is 0. The molecule has 1 saturated carbocycles. The highest BCUT2D eigenvalue weighted by Gasteiger charge is 2.46. The molecule has 3 amide bonds. The summed E-state index contributed by atoms with van der Waals surface area (Å²) < 4.78 is 0. The van der Waals surface area contributed by atoms with E-state index in [0.717, 1.165) is 37.7 Å². The molecular weight excluding hydrogens is 364 g/mol. The maximum atomic E-state index is 13.3. The Balaban J connectivity index is 1.61. The van der Waals surface area contributed by atoms with Gasteiger partial charge in [-0.05, 0) is 30.5 Å². The molecule has 1 saturated heterocycles. The molecule has 0 radical (unpaired) electrons. The predicted octanol–water partition coefficient (Wildman–Crippen LogP) is 3.72. The van der Waals surface area contributed by atoms with Gasteiger partial charge in [0.25, 0.3) is 5.91 Å². The summed E-state index contributed by atoms with van der Waals surface area (Å²) in [7, 11) is 0. The van der Waals surface area contributed by atoms with E-state index in [9.17, 15) is 14.4 Å². The zero-order valence-corrected chi connectivity index (χ0v) is 16.5. The SMILES string of the molecule is O=C1CC(N(C(=O)Cc2ccccc2)C2CCCCC2)C(=O)N1c1ccccc1. The third-order valence-electron chi connectivity index (χ3n) is 5.93. The van der Waals surface area contributed by atoms with Crippen molar-refractivity contribution in [3.8, 4) is 0 Å². The average molecular weight is 390 g/mol. The Kier molecular flexibility index (Phi) is 5.74. The summed E-state index contributed by atoms with van der Waals surface area (Å²) >= 11 is 0. The highest BCUT2D eigenvalue weighted by Crippen LogP contribution is 2.31. The van der Waals surface area contributed by atoms with Gasteiger partial charge in [0.1, 0.15) is 6.04 Å². The number of para-hydroxylation sites is 1. The van der Waals surface area contributed by atoms with Gasteiger partial charge in [-0.2, -0.15) is 0 Å². The van der Waals surface area contributed by atoms with E-state index in [0.29, 0.717) is 5.69 Å². The number of carbonyl (C=O) groups excluding carboxylic acids is 3. The van der Waals surface area contributed by atoms with Crippen LogP contribution in [0, 0.1) is 0 Å². The Morgan fingerprint density at radius 1 is 0.897 bits per heavy atom. The summed E-state index contributed by atoms with van der Waals surface area (Å²) in [4.78, 5) is 42.3. The molecule has 1 aliphatic carbocycles. The highest BCUT2D eigenvalue weighted by molar-refractivity contribution is 6.23. The van der Waals surface area contributed by atoms with Gasteiger partial charge >= 0.3 is 0 Å². The molecule has 1 atom stereocenters. The van der Waals surface area contributed by atoms with Gasteiger partial charge in [-0.15, -0.1) is 0 Å². The molecule has 0 bridgehead atoms. The van der Waals surface area contributed by atoms with Gasteiger partial charge in [0.05, 0.1) is 18.5 Å². The van der Waals surface area contributed by atoms with Crippen molar-refractivity contribution in [2.75, 3.05) is 4.90 Å². The summed E-state index contributed by atoms with van der Waals surface area (Å²) in [6.07, 6.45) is 5.36. The third kappa shape index (κ3) is 4.09. The largest absolute Gasteiger partial charge is 0.327 e. The summed E-state index contributed by atoms with van der Waals surface area (Å²) in [5, 5.41) is 0. The first-order valence-corrected chi connectivity index (χ1v) is 10.4. The van der Waals surface area contributed by atoms with Crippen LogP contribution < -0.4 is 4.90 Å². The van der Waals surface area contributed by atoms with Gasteiger partial charge in [-0.1, -0.05) is 67.8 Å². The molecule has 2 aromatic rings. The summed E-state index contributed by atoms with van der Waals surface area (Å²) in [6.45, 7) is 0. The second kappa shape index (κ2) is 8.60. The molecule has 0 spiro atoms. The fourth-order valence-electron chi connectivity index (χ4n) is 4.53. The van der Waals surface area contributed by atoms with Crippen LogP contribution in [0.5, 0.6) is 0 Å². The van der Waals surface area contributed by atoms with Crippen molar-refractivity contribution in [2.45, 2.75) is 57.0 Å². The standard InChI is InChI=1S/C24H26N2O3/c27-22(16-18-10-4-1-5-11-18)25(19-12-6-2-7-13-19)21-17-23(28)26(24(21)29)20-14-8-3-9-15-20/h1,3-5,8-11,14-15,19,21H,2,6-7,12-13,16-17H2. The number of nitrogens with zero attached hydrogens (tertiary/aromatic N) is 2. The lowest BCUT2D eigenvalue weighted by Gasteiger charge is -2.37. The molecule has 2 aromatic carbocycles. The van der Waals surface area contributed by atoms with E-state index >= 15 is 0 Å². The lowest BCUT2D eigenvalue weighted by molar-refractivity contribution is -0.141. The molecule has 4 rings (SSSR count). The molecule has 29 heavy (non-hydrogen) atoms. The lowest BCUT2D eigenvalue weighted by Crippen LogP contribution is -2.51. The Bertz CT molecular complexity index is 876. The second-order valence-corrected chi connectivity index (χ2v) is 7.88. The highest BCUT2D eigenvalue weighted by atomic mass is 16.2. The quantitative estimate of drug-likeness (QED) is 0.731. The van der Waals surface area contributed by atoms with Crippen molar-refractivity contribution >= 4 is 23.4 Å². The van der Waals surface area contributed by atoms with Crippen LogP contribution in [0.3, 0.4) is 0 Å². The van der Waals surface area contributed by atoms with Crippen LogP contribution in [-0.2, 0) is 20.8 Å². The van der Waals surface area contributed by atoms with E-state index in [1.54, 1.807) is 17.0 Å². The summed E-state index contributed by atoms with van der Waals surface area (Å²) in [5.41, 5.74) is 1.50. The Morgan fingerprint density at radius 3 is 2.17 bits per heavy atom. The van der Waals surface area contributed by atoms with Crippen molar-refractivity contribution in [3.63, 3.8) is 0 Å². The van der Waals surface area contributed by atoms with Crippen molar-refractivity contribution in [1.82, 2.24) is 4.90 Å².